The van der Waals surface area contributed by atoms with Gasteiger partial charge in [0.2, 0.25) is 0 Å². The van der Waals surface area contributed by atoms with Crippen LogP contribution in [0.3, 0.4) is 0 Å². The van der Waals surface area contributed by atoms with Crippen molar-refractivity contribution in [2.75, 3.05) is 11.9 Å². The second kappa shape index (κ2) is 11.6. The number of hydrogen-bond acceptors (Lipinski definition) is 4. The minimum Gasteiger partial charge on any atom is -0.331 e. The fourth-order valence-corrected chi connectivity index (χ4v) is 3.41. The zero-order valence-electron chi connectivity index (χ0n) is 19.0. The van der Waals surface area contributed by atoms with Crippen molar-refractivity contribution in [3.8, 4) is 0 Å². The molecule has 0 aliphatic rings. The van der Waals surface area contributed by atoms with E-state index in [0.29, 0.717) is 17.9 Å². The Bertz CT molecular complexity index is 1280. The van der Waals surface area contributed by atoms with Gasteiger partial charge in [-0.05, 0) is 41.8 Å². The Kier molecular flexibility index (Phi) is 8.36. The van der Waals surface area contributed by atoms with Crippen LogP contribution in [0, 0.1) is 13.0 Å². The fourth-order valence-electron chi connectivity index (χ4n) is 3.41. The summed E-state index contributed by atoms with van der Waals surface area (Å²) in [5, 5.41) is 4.87. The van der Waals surface area contributed by atoms with Crippen molar-refractivity contribution in [3.05, 3.63) is 100 Å². The Labute approximate surface area is 193 Å². The van der Waals surface area contributed by atoms with Crippen molar-refractivity contribution < 1.29 is 4.39 Å². The largest absolute Gasteiger partial charge is 0.331 e. The monoisotopic (exact) mass is 441 g/mol. The third-order valence-electron chi connectivity index (χ3n) is 5.09. The lowest BCUT2D eigenvalue weighted by molar-refractivity contribution is 0.540. The third kappa shape index (κ3) is 6.77. The minimum absolute atomic E-state index is 0.150. The lowest BCUT2D eigenvalue weighted by Gasteiger charge is -2.09. The van der Waals surface area contributed by atoms with Gasteiger partial charge in [0.1, 0.15) is 5.82 Å². The van der Waals surface area contributed by atoms with Crippen molar-refractivity contribution in [3.63, 3.8) is 0 Å². The summed E-state index contributed by atoms with van der Waals surface area (Å²) in [6.45, 7) is 12.5. The van der Waals surface area contributed by atoms with Crippen molar-refractivity contribution in [1.29, 1.82) is 0 Å². The average molecular weight is 442 g/mol. The molecule has 0 spiro atoms. The number of nitrogens with zero attached hydrogens (tertiary/aromatic N) is 4. The lowest BCUT2D eigenvalue weighted by Crippen LogP contribution is -2.27. The average Bonchev–Trinajstić information content (AvgIpc) is 2.79. The van der Waals surface area contributed by atoms with Gasteiger partial charge in [-0.25, -0.2) is 4.98 Å². The van der Waals surface area contributed by atoms with Gasteiger partial charge in [0.25, 0.3) is 0 Å². The molecule has 0 saturated heterocycles. The molecule has 0 aliphatic carbocycles. The van der Waals surface area contributed by atoms with Gasteiger partial charge in [0.05, 0.1) is 17.9 Å². The van der Waals surface area contributed by atoms with Crippen molar-refractivity contribution >= 4 is 31.0 Å². The van der Waals surface area contributed by atoms with E-state index in [2.05, 4.69) is 63.6 Å². The fraction of sp³-hybridized carbons (Fsp3) is 0.185. The first kappa shape index (κ1) is 23.7. The molecule has 1 unspecified atom stereocenters. The summed E-state index contributed by atoms with van der Waals surface area (Å²) in [6, 6.07) is 14.1. The van der Waals surface area contributed by atoms with Gasteiger partial charge in [-0.3, -0.25) is 9.98 Å². The third-order valence-corrected chi connectivity index (χ3v) is 5.09. The van der Waals surface area contributed by atoms with E-state index >= 15 is 0 Å². The highest BCUT2D eigenvalue weighted by Gasteiger charge is 2.07. The van der Waals surface area contributed by atoms with Gasteiger partial charge >= 0.3 is 6.08 Å². The number of hydrogen-bond donors (Lipinski definition) is 1. The first-order chi connectivity index (χ1) is 16.0. The summed E-state index contributed by atoms with van der Waals surface area (Å²) in [5.41, 5.74) is 4.05. The summed E-state index contributed by atoms with van der Waals surface area (Å²) in [6.07, 6.45) is 8.23. The maximum absolute atomic E-state index is 13.7. The molecular weight excluding hydrogens is 413 g/mol. The zero-order valence-corrected chi connectivity index (χ0v) is 19.0. The van der Waals surface area contributed by atoms with Crippen LogP contribution >= 0.6 is 0 Å². The van der Waals surface area contributed by atoms with E-state index in [9.17, 15) is 4.39 Å². The van der Waals surface area contributed by atoms with E-state index in [-0.39, 0.29) is 6.04 Å². The van der Waals surface area contributed by atoms with Crippen LogP contribution in [-0.4, -0.2) is 29.1 Å². The number of anilines is 1. The molecule has 0 saturated carbocycles. The topological polar surface area (TPSA) is 62.5 Å². The van der Waals surface area contributed by atoms with E-state index < -0.39 is 6.08 Å². The molecule has 1 N–H and O–H groups in total. The Morgan fingerprint density at radius 3 is 2.82 bits per heavy atom. The summed E-state index contributed by atoms with van der Waals surface area (Å²) >= 11 is 0. The molecule has 1 heterocycles. The predicted octanol–water partition coefficient (Wildman–Crippen LogP) is 4.16. The van der Waals surface area contributed by atoms with E-state index in [0.717, 1.165) is 22.4 Å². The smallest absolute Gasteiger partial charge is 0.310 e. The van der Waals surface area contributed by atoms with Crippen LogP contribution in [0.5, 0.6) is 0 Å². The predicted molar refractivity (Wildman–Crippen MR) is 136 cm³/mol. The molecule has 1 aromatic heterocycles. The highest BCUT2D eigenvalue weighted by Crippen LogP contribution is 2.12. The highest BCUT2D eigenvalue weighted by atomic mass is 19.1. The molecule has 0 fully saturated rings. The number of rotatable bonds is 9. The number of nitrogens with one attached hydrogen (secondary N) is 1. The van der Waals surface area contributed by atoms with Crippen LogP contribution in [0.15, 0.2) is 71.3 Å². The summed E-state index contributed by atoms with van der Waals surface area (Å²) in [5.74, 6) is 0.307. The van der Waals surface area contributed by atoms with E-state index in [1.54, 1.807) is 12.3 Å². The van der Waals surface area contributed by atoms with Crippen LogP contribution in [-0.2, 0) is 6.42 Å². The van der Waals surface area contributed by atoms with Gasteiger partial charge in [-0.1, -0.05) is 73.3 Å². The normalized spacial score (nSPS) is 13.0. The molecule has 2 aromatic carbocycles. The summed E-state index contributed by atoms with van der Waals surface area (Å²) in [7, 11) is 0. The maximum atomic E-state index is 13.7. The molecule has 1 atom stereocenters. The first-order valence-electron chi connectivity index (χ1n) is 10.7. The minimum atomic E-state index is -0.816. The molecule has 5 nitrogen and oxygen atoms in total. The molecule has 0 aliphatic heterocycles. The number of aryl methyl sites for hydroxylation is 1. The van der Waals surface area contributed by atoms with Gasteiger partial charge < -0.3 is 5.32 Å². The van der Waals surface area contributed by atoms with Crippen LogP contribution in [0.25, 0.3) is 12.7 Å². The van der Waals surface area contributed by atoms with Crippen LogP contribution in [0.1, 0.15) is 35.2 Å². The molecule has 3 rings (SSSR count). The summed E-state index contributed by atoms with van der Waals surface area (Å²) < 4.78 is 13.7. The number of aliphatic imine (C=N–C) groups is 2. The Hall–Kier alpha value is -3.93. The molecule has 3 aromatic rings. The van der Waals surface area contributed by atoms with Gasteiger partial charge in [-0.15, -0.1) is 0 Å². The molecule has 0 bridgehead atoms. The SMILES string of the molecule is C=C/C=c1/c(C(C)N=CNc2nc(F)ncc2C=NCCc2cccc(C)c2)cccc1=C. The van der Waals surface area contributed by atoms with Crippen molar-refractivity contribution in [1.82, 2.24) is 9.97 Å². The van der Waals surface area contributed by atoms with Crippen molar-refractivity contribution in [2.45, 2.75) is 26.3 Å². The lowest BCUT2D eigenvalue weighted by atomic mass is 10.0. The number of allylic oxidation sites excluding steroid dienone is 1. The maximum Gasteiger partial charge on any atom is 0.310 e. The molecule has 33 heavy (non-hydrogen) atoms. The van der Waals surface area contributed by atoms with Crippen LogP contribution < -0.4 is 15.8 Å². The molecular formula is C27H28FN5. The van der Waals surface area contributed by atoms with E-state index in [1.807, 2.05) is 37.3 Å². The number of aromatic nitrogens is 2. The zero-order chi connectivity index (χ0) is 23.6. The van der Waals surface area contributed by atoms with Gasteiger partial charge in [0.15, 0.2) is 0 Å². The molecule has 0 radical (unpaired) electrons. The van der Waals surface area contributed by atoms with E-state index in [1.165, 1.54) is 23.7 Å². The molecule has 168 valence electrons. The van der Waals surface area contributed by atoms with Gasteiger partial charge in [-0.2, -0.15) is 9.37 Å². The van der Waals surface area contributed by atoms with Crippen LogP contribution in [0.2, 0.25) is 0 Å². The number of benzene rings is 2. The Balaban J connectivity index is 1.70. The summed E-state index contributed by atoms with van der Waals surface area (Å²) in [4.78, 5) is 16.5. The Morgan fingerprint density at radius 1 is 1.21 bits per heavy atom. The first-order valence-corrected chi connectivity index (χ1v) is 10.7. The Morgan fingerprint density at radius 2 is 2.03 bits per heavy atom. The molecule has 0 amide bonds. The number of halogens is 1. The second-order valence-corrected chi connectivity index (χ2v) is 7.64. The van der Waals surface area contributed by atoms with E-state index in [4.69, 9.17) is 0 Å². The quantitative estimate of drug-likeness (QED) is 0.308. The van der Waals surface area contributed by atoms with Crippen molar-refractivity contribution in [2.24, 2.45) is 9.98 Å². The second-order valence-electron chi connectivity index (χ2n) is 7.64. The van der Waals surface area contributed by atoms with Crippen LogP contribution in [0.4, 0.5) is 10.2 Å². The standard InChI is InChI=1S/C27H28FN5/c1-5-8-24-20(3)10-7-12-25(24)21(4)31-18-32-26-23(17-30-27(28)33-26)16-29-14-13-22-11-6-9-19(2)15-22/h5-12,15-18,21H,1,3,13-14H2,2,4H3,(H,30,31,32,33)/b24-8+,29-16?. The molecule has 6 heteroatoms. The van der Waals surface area contributed by atoms with Gasteiger partial charge in [0, 0.05) is 19.0 Å². The highest BCUT2D eigenvalue weighted by molar-refractivity contribution is 5.89.